The van der Waals surface area contributed by atoms with Crippen molar-refractivity contribution >= 4 is 17.0 Å². The minimum absolute atomic E-state index is 0.0209. The van der Waals surface area contributed by atoms with Crippen molar-refractivity contribution in [2.24, 2.45) is 0 Å². The lowest BCUT2D eigenvalue weighted by molar-refractivity contribution is 0.0186. The molecule has 0 saturated carbocycles. The number of aromatic amines is 1. The summed E-state index contributed by atoms with van der Waals surface area (Å²) in [6.07, 6.45) is 3.08. The minimum Gasteiger partial charge on any atom is -0.379 e. The van der Waals surface area contributed by atoms with Gasteiger partial charge >= 0.3 is 0 Å². The second-order valence-corrected chi connectivity index (χ2v) is 5.92. The Morgan fingerprint density at radius 3 is 2.96 bits per heavy atom. The molecule has 1 saturated heterocycles. The Morgan fingerprint density at radius 1 is 1.24 bits per heavy atom. The molecular weight excluding hydrogens is 323 g/mol. The number of fused-ring (bicyclic) bond motifs is 1. The van der Waals surface area contributed by atoms with E-state index < -0.39 is 0 Å². The first-order valence-corrected chi connectivity index (χ1v) is 8.26. The van der Waals surface area contributed by atoms with Gasteiger partial charge in [-0.1, -0.05) is 12.1 Å². The topological polar surface area (TPSA) is 79.0 Å². The smallest absolute Gasteiger partial charge is 0.182 e. The number of benzene rings is 1. The second-order valence-electron chi connectivity index (χ2n) is 5.92. The maximum absolute atomic E-state index is 13.7. The molecule has 2 N–H and O–H groups in total. The number of morpholine rings is 1. The fraction of sp³-hybridized carbons (Fsp3) is 0.353. The molecule has 0 unspecified atom stereocenters. The lowest BCUT2D eigenvalue weighted by Gasteiger charge is -2.35. The first-order chi connectivity index (χ1) is 12.3. The Kier molecular flexibility index (Phi) is 4.53. The lowest BCUT2D eigenvalue weighted by Crippen LogP contribution is -2.41. The van der Waals surface area contributed by atoms with E-state index in [-0.39, 0.29) is 11.9 Å². The van der Waals surface area contributed by atoms with Gasteiger partial charge in [0.15, 0.2) is 11.5 Å². The molecule has 8 heteroatoms. The van der Waals surface area contributed by atoms with Gasteiger partial charge in [-0.15, -0.1) is 0 Å². The summed E-state index contributed by atoms with van der Waals surface area (Å²) in [5.41, 5.74) is 2.32. The van der Waals surface area contributed by atoms with Crippen LogP contribution in [0, 0.1) is 5.82 Å². The highest BCUT2D eigenvalue weighted by atomic mass is 19.1. The number of anilines is 1. The molecule has 7 nitrogen and oxygen atoms in total. The highest BCUT2D eigenvalue weighted by Crippen LogP contribution is 2.24. The highest BCUT2D eigenvalue weighted by molar-refractivity contribution is 5.81. The minimum atomic E-state index is -0.228. The molecule has 0 radical (unpaired) electrons. The van der Waals surface area contributed by atoms with Crippen molar-refractivity contribution in [1.82, 2.24) is 24.8 Å². The number of nitrogens with zero attached hydrogens (tertiary/aromatic N) is 4. The number of imidazole rings is 1. The summed E-state index contributed by atoms with van der Waals surface area (Å²) in [6.45, 7) is 3.58. The van der Waals surface area contributed by atoms with E-state index in [0.717, 1.165) is 24.2 Å². The van der Waals surface area contributed by atoms with Crippen molar-refractivity contribution in [2.45, 2.75) is 6.04 Å². The summed E-state index contributed by atoms with van der Waals surface area (Å²) < 4.78 is 19.2. The van der Waals surface area contributed by atoms with Crippen LogP contribution < -0.4 is 5.32 Å². The van der Waals surface area contributed by atoms with Crippen LogP contribution in [0.3, 0.4) is 0 Å². The molecule has 3 heterocycles. The van der Waals surface area contributed by atoms with Crippen LogP contribution in [0.15, 0.2) is 36.9 Å². The fourth-order valence-corrected chi connectivity index (χ4v) is 3.15. The Labute approximate surface area is 144 Å². The van der Waals surface area contributed by atoms with Gasteiger partial charge in [-0.05, 0) is 17.7 Å². The SMILES string of the molecule is Fc1cccc([C@@H](CNc2ncnc3nc[nH]c23)N2CCOCC2)c1. The van der Waals surface area contributed by atoms with Crippen molar-refractivity contribution in [3.63, 3.8) is 0 Å². The zero-order valence-corrected chi connectivity index (χ0v) is 13.7. The summed E-state index contributed by atoms with van der Waals surface area (Å²) in [5, 5.41) is 3.36. The summed E-state index contributed by atoms with van der Waals surface area (Å²) in [6, 6.07) is 6.78. The van der Waals surface area contributed by atoms with Gasteiger partial charge in [-0.2, -0.15) is 0 Å². The molecule has 25 heavy (non-hydrogen) atoms. The second kappa shape index (κ2) is 7.12. The van der Waals surface area contributed by atoms with E-state index in [4.69, 9.17) is 4.74 Å². The van der Waals surface area contributed by atoms with Crippen molar-refractivity contribution in [1.29, 1.82) is 0 Å². The first-order valence-electron chi connectivity index (χ1n) is 8.26. The molecule has 1 atom stereocenters. The third kappa shape index (κ3) is 3.45. The number of ether oxygens (including phenoxy) is 1. The van der Waals surface area contributed by atoms with E-state index >= 15 is 0 Å². The Balaban J connectivity index is 1.58. The van der Waals surface area contributed by atoms with Crippen LogP contribution in [0.25, 0.3) is 11.2 Å². The summed E-state index contributed by atoms with van der Waals surface area (Å²) in [7, 11) is 0. The Hall–Kier alpha value is -2.58. The molecule has 0 aliphatic carbocycles. The van der Waals surface area contributed by atoms with Crippen molar-refractivity contribution < 1.29 is 9.13 Å². The molecule has 2 aromatic heterocycles. The van der Waals surface area contributed by atoms with Gasteiger partial charge in [0, 0.05) is 19.6 Å². The molecule has 0 spiro atoms. The summed E-state index contributed by atoms with van der Waals surface area (Å²) >= 11 is 0. The van der Waals surface area contributed by atoms with Gasteiger partial charge in [0.1, 0.15) is 17.7 Å². The molecule has 3 aromatic rings. The zero-order chi connectivity index (χ0) is 17.1. The third-order valence-corrected chi connectivity index (χ3v) is 4.41. The van der Waals surface area contributed by atoms with Crippen LogP contribution in [-0.2, 0) is 4.74 Å². The number of hydrogen-bond donors (Lipinski definition) is 2. The van der Waals surface area contributed by atoms with Gasteiger partial charge in [0.25, 0.3) is 0 Å². The zero-order valence-electron chi connectivity index (χ0n) is 13.7. The van der Waals surface area contributed by atoms with Gasteiger partial charge in [0.2, 0.25) is 0 Å². The number of H-pyrrole nitrogens is 1. The lowest BCUT2D eigenvalue weighted by atomic mass is 10.0. The molecule has 1 aliphatic heterocycles. The van der Waals surface area contributed by atoms with Gasteiger partial charge in [-0.25, -0.2) is 19.3 Å². The average molecular weight is 342 g/mol. The van der Waals surface area contributed by atoms with Crippen LogP contribution in [0.5, 0.6) is 0 Å². The fourth-order valence-electron chi connectivity index (χ4n) is 3.15. The number of hydrogen-bond acceptors (Lipinski definition) is 6. The van der Waals surface area contributed by atoms with Crippen LogP contribution in [0.2, 0.25) is 0 Å². The summed E-state index contributed by atoms with van der Waals surface area (Å²) in [5.74, 6) is 0.464. The van der Waals surface area contributed by atoms with E-state index in [9.17, 15) is 4.39 Å². The van der Waals surface area contributed by atoms with E-state index in [1.165, 1.54) is 12.4 Å². The number of halogens is 1. The summed E-state index contributed by atoms with van der Waals surface area (Å²) in [4.78, 5) is 17.9. The Morgan fingerprint density at radius 2 is 2.12 bits per heavy atom. The van der Waals surface area contributed by atoms with Crippen LogP contribution >= 0.6 is 0 Å². The van der Waals surface area contributed by atoms with Crippen molar-refractivity contribution in [3.05, 3.63) is 48.3 Å². The van der Waals surface area contributed by atoms with Crippen LogP contribution in [0.1, 0.15) is 11.6 Å². The van der Waals surface area contributed by atoms with Crippen LogP contribution in [-0.4, -0.2) is 57.7 Å². The maximum Gasteiger partial charge on any atom is 0.182 e. The molecule has 1 aliphatic rings. The molecule has 4 rings (SSSR count). The van der Waals surface area contributed by atoms with Crippen LogP contribution in [0.4, 0.5) is 10.2 Å². The normalized spacial score (nSPS) is 16.8. The van der Waals surface area contributed by atoms with E-state index in [2.05, 4.69) is 30.2 Å². The van der Waals surface area contributed by atoms with E-state index in [1.54, 1.807) is 18.5 Å². The van der Waals surface area contributed by atoms with Crippen molar-refractivity contribution in [2.75, 3.05) is 38.2 Å². The highest BCUT2D eigenvalue weighted by Gasteiger charge is 2.23. The number of aromatic nitrogens is 4. The maximum atomic E-state index is 13.7. The molecule has 130 valence electrons. The monoisotopic (exact) mass is 342 g/mol. The van der Waals surface area contributed by atoms with Gasteiger partial charge < -0.3 is 15.0 Å². The van der Waals surface area contributed by atoms with Crippen molar-refractivity contribution in [3.8, 4) is 0 Å². The third-order valence-electron chi connectivity index (χ3n) is 4.41. The molecule has 1 aromatic carbocycles. The molecular formula is C17H19FN6O. The van der Waals surface area contributed by atoms with Gasteiger partial charge in [-0.3, -0.25) is 4.90 Å². The number of rotatable bonds is 5. The van der Waals surface area contributed by atoms with Gasteiger partial charge in [0.05, 0.1) is 25.6 Å². The quantitative estimate of drug-likeness (QED) is 0.738. The molecule has 0 amide bonds. The van der Waals surface area contributed by atoms with E-state index in [0.29, 0.717) is 31.2 Å². The Bertz CT molecular complexity index is 848. The molecule has 0 bridgehead atoms. The predicted molar refractivity (Wildman–Crippen MR) is 91.7 cm³/mol. The number of nitrogens with one attached hydrogen (secondary N) is 2. The predicted octanol–water partition coefficient (Wildman–Crippen LogP) is 1.98. The molecule has 1 fully saturated rings. The largest absolute Gasteiger partial charge is 0.379 e. The average Bonchev–Trinajstić information content (AvgIpc) is 3.12. The first kappa shape index (κ1) is 15.9. The van der Waals surface area contributed by atoms with E-state index in [1.807, 2.05) is 6.07 Å². The standard InChI is InChI=1S/C17H19FN6O/c18-13-3-1-2-12(8-13)14(24-4-6-25-7-5-24)9-19-16-15-17(21-10-20-15)23-11-22-16/h1-3,8,10-11,14H,4-7,9H2,(H2,19,20,21,22,23)/t14-/m1/s1.